The highest BCUT2D eigenvalue weighted by molar-refractivity contribution is 5.90. The molecular formula is C17H23NO2. The summed E-state index contributed by atoms with van der Waals surface area (Å²) in [6.45, 7) is 7.46. The lowest BCUT2D eigenvalue weighted by Crippen LogP contribution is -2.48. The fraction of sp³-hybridized carbons (Fsp3) is 0.529. The summed E-state index contributed by atoms with van der Waals surface area (Å²) in [6, 6.07) is 9.68. The highest BCUT2D eigenvalue weighted by atomic mass is 16.2. The molecule has 1 N–H and O–H groups in total. The predicted octanol–water partition coefficient (Wildman–Crippen LogP) is 2.91. The number of ketones is 1. The van der Waals surface area contributed by atoms with Crippen LogP contribution in [0.25, 0.3) is 0 Å². The first-order valence-electron chi connectivity index (χ1n) is 7.16. The normalized spacial score (nSPS) is 23.0. The van der Waals surface area contributed by atoms with Crippen LogP contribution in [-0.2, 0) is 9.59 Å². The van der Waals surface area contributed by atoms with Crippen LogP contribution in [-0.4, -0.2) is 17.7 Å². The third-order valence-corrected chi connectivity index (χ3v) is 3.91. The minimum Gasteiger partial charge on any atom is -0.346 e. The Balaban J connectivity index is 1.99. The summed E-state index contributed by atoms with van der Waals surface area (Å²) in [4.78, 5) is 24.0. The van der Waals surface area contributed by atoms with Gasteiger partial charge in [0.1, 0.15) is 0 Å². The van der Waals surface area contributed by atoms with E-state index in [1.165, 1.54) is 12.5 Å². The first-order valence-corrected chi connectivity index (χ1v) is 7.16. The number of benzene rings is 1. The largest absolute Gasteiger partial charge is 0.346 e. The second kappa shape index (κ2) is 5.39. The molecule has 20 heavy (non-hydrogen) atoms. The van der Waals surface area contributed by atoms with Crippen LogP contribution in [0.3, 0.4) is 0 Å². The van der Waals surface area contributed by atoms with Gasteiger partial charge in [-0.05, 0) is 30.2 Å². The molecule has 3 atom stereocenters. The first-order chi connectivity index (χ1) is 9.30. The molecule has 0 aromatic heterocycles. The van der Waals surface area contributed by atoms with Crippen molar-refractivity contribution in [3.63, 3.8) is 0 Å². The monoisotopic (exact) mass is 273 g/mol. The standard InChI is InChI=1S/C17H23NO2/c1-11(19)15(17(2,3)4)18-16(20)14-10-13(14)12-8-6-5-7-9-12/h5-9,13-15H,10H2,1-4H3,(H,18,20)/t13-,14-,15-/m1/s1. The lowest BCUT2D eigenvalue weighted by atomic mass is 9.84. The van der Waals surface area contributed by atoms with Gasteiger partial charge in [-0.2, -0.15) is 0 Å². The van der Waals surface area contributed by atoms with E-state index in [0.29, 0.717) is 5.92 Å². The topological polar surface area (TPSA) is 46.2 Å². The van der Waals surface area contributed by atoms with Crippen LogP contribution in [0, 0.1) is 11.3 Å². The number of amides is 1. The molecule has 3 heteroatoms. The van der Waals surface area contributed by atoms with Crippen LogP contribution in [0.2, 0.25) is 0 Å². The van der Waals surface area contributed by atoms with Gasteiger partial charge in [-0.25, -0.2) is 0 Å². The molecular weight excluding hydrogens is 250 g/mol. The Morgan fingerprint density at radius 2 is 1.80 bits per heavy atom. The van der Waals surface area contributed by atoms with Crippen molar-refractivity contribution in [1.82, 2.24) is 5.32 Å². The molecule has 0 heterocycles. The number of hydrogen-bond donors (Lipinski definition) is 1. The van der Waals surface area contributed by atoms with Crippen molar-refractivity contribution in [2.24, 2.45) is 11.3 Å². The smallest absolute Gasteiger partial charge is 0.224 e. The average molecular weight is 273 g/mol. The first kappa shape index (κ1) is 14.8. The zero-order chi connectivity index (χ0) is 14.9. The van der Waals surface area contributed by atoms with E-state index in [2.05, 4.69) is 17.4 Å². The van der Waals surface area contributed by atoms with Crippen molar-refractivity contribution in [3.8, 4) is 0 Å². The SMILES string of the molecule is CC(=O)[C@@H](NC(=O)[C@@H]1C[C@@H]1c1ccccc1)C(C)(C)C. The Kier molecular flexibility index (Phi) is 3.98. The van der Waals surface area contributed by atoms with Gasteiger partial charge in [-0.3, -0.25) is 9.59 Å². The summed E-state index contributed by atoms with van der Waals surface area (Å²) >= 11 is 0. The maximum atomic E-state index is 12.3. The summed E-state index contributed by atoms with van der Waals surface area (Å²) < 4.78 is 0. The van der Waals surface area contributed by atoms with Crippen molar-refractivity contribution in [3.05, 3.63) is 35.9 Å². The molecule has 0 aliphatic heterocycles. The molecule has 1 saturated carbocycles. The molecule has 3 nitrogen and oxygen atoms in total. The van der Waals surface area contributed by atoms with Gasteiger partial charge in [-0.15, -0.1) is 0 Å². The summed E-state index contributed by atoms with van der Waals surface area (Å²) in [6.07, 6.45) is 0.880. The molecule has 1 aliphatic carbocycles. The van der Waals surface area contributed by atoms with E-state index < -0.39 is 6.04 Å². The van der Waals surface area contributed by atoms with Crippen LogP contribution in [0.4, 0.5) is 0 Å². The van der Waals surface area contributed by atoms with E-state index in [1.54, 1.807) is 0 Å². The predicted molar refractivity (Wildman–Crippen MR) is 79.4 cm³/mol. The molecule has 0 saturated heterocycles. The van der Waals surface area contributed by atoms with Gasteiger partial charge < -0.3 is 5.32 Å². The molecule has 0 unspecified atom stereocenters. The zero-order valence-corrected chi connectivity index (χ0v) is 12.6. The second-order valence-electron chi connectivity index (χ2n) is 6.78. The summed E-state index contributed by atoms with van der Waals surface area (Å²) in [7, 11) is 0. The Bertz CT molecular complexity index is 501. The van der Waals surface area contributed by atoms with E-state index in [9.17, 15) is 9.59 Å². The lowest BCUT2D eigenvalue weighted by molar-refractivity contribution is -0.129. The van der Waals surface area contributed by atoms with Gasteiger partial charge >= 0.3 is 0 Å². The van der Waals surface area contributed by atoms with E-state index in [0.717, 1.165) is 6.42 Å². The van der Waals surface area contributed by atoms with Gasteiger partial charge in [0, 0.05) is 5.92 Å². The van der Waals surface area contributed by atoms with Gasteiger partial charge in [0.05, 0.1) is 6.04 Å². The Morgan fingerprint density at radius 3 is 2.30 bits per heavy atom. The molecule has 108 valence electrons. The Labute approximate surface area is 120 Å². The van der Waals surface area contributed by atoms with Crippen LogP contribution >= 0.6 is 0 Å². The van der Waals surface area contributed by atoms with Gasteiger partial charge in [-0.1, -0.05) is 51.1 Å². The Hall–Kier alpha value is -1.64. The van der Waals surface area contributed by atoms with Crippen molar-refractivity contribution in [2.45, 2.75) is 46.1 Å². The van der Waals surface area contributed by atoms with Gasteiger partial charge in [0.25, 0.3) is 0 Å². The highest BCUT2D eigenvalue weighted by Crippen LogP contribution is 2.47. The Morgan fingerprint density at radius 1 is 1.20 bits per heavy atom. The highest BCUT2D eigenvalue weighted by Gasteiger charge is 2.45. The number of nitrogens with one attached hydrogen (secondary N) is 1. The quantitative estimate of drug-likeness (QED) is 0.917. The molecule has 0 radical (unpaired) electrons. The van der Waals surface area contributed by atoms with Crippen LogP contribution in [0.15, 0.2) is 30.3 Å². The van der Waals surface area contributed by atoms with Crippen LogP contribution < -0.4 is 5.32 Å². The number of hydrogen-bond acceptors (Lipinski definition) is 2. The zero-order valence-electron chi connectivity index (χ0n) is 12.6. The van der Waals surface area contributed by atoms with Crippen molar-refractivity contribution in [2.75, 3.05) is 0 Å². The summed E-state index contributed by atoms with van der Waals surface area (Å²) in [5, 5.41) is 2.93. The number of Topliss-reactive ketones (excluding diaryl/α,β-unsaturated/α-hetero) is 1. The van der Waals surface area contributed by atoms with Crippen LogP contribution in [0.5, 0.6) is 0 Å². The average Bonchev–Trinajstić information content (AvgIpc) is 3.15. The van der Waals surface area contributed by atoms with E-state index in [4.69, 9.17) is 0 Å². The van der Waals surface area contributed by atoms with E-state index >= 15 is 0 Å². The second-order valence-corrected chi connectivity index (χ2v) is 6.78. The maximum absolute atomic E-state index is 12.3. The molecule has 0 bridgehead atoms. The van der Waals surface area contributed by atoms with E-state index in [1.807, 2.05) is 39.0 Å². The third kappa shape index (κ3) is 3.27. The molecule has 1 aromatic rings. The number of carbonyl (C=O) groups excluding carboxylic acids is 2. The minimum absolute atomic E-state index is 0.00831. The van der Waals surface area contributed by atoms with Gasteiger partial charge in [0.15, 0.2) is 5.78 Å². The molecule has 1 amide bonds. The number of carbonyl (C=O) groups is 2. The van der Waals surface area contributed by atoms with Crippen molar-refractivity contribution < 1.29 is 9.59 Å². The van der Waals surface area contributed by atoms with Crippen LogP contribution in [0.1, 0.15) is 45.6 Å². The molecule has 1 fully saturated rings. The maximum Gasteiger partial charge on any atom is 0.224 e. The number of rotatable bonds is 4. The van der Waals surface area contributed by atoms with Crippen molar-refractivity contribution in [1.29, 1.82) is 0 Å². The fourth-order valence-corrected chi connectivity index (χ4v) is 2.73. The third-order valence-electron chi connectivity index (χ3n) is 3.91. The summed E-state index contributed by atoms with van der Waals surface area (Å²) in [5.74, 6) is 0.349. The lowest BCUT2D eigenvalue weighted by Gasteiger charge is -2.29. The van der Waals surface area contributed by atoms with Crippen molar-refractivity contribution >= 4 is 11.7 Å². The fourth-order valence-electron chi connectivity index (χ4n) is 2.73. The summed E-state index contributed by atoms with van der Waals surface area (Å²) in [5.41, 5.74) is 0.960. The van der Waals surface area contributed by atoms with Gasteiger partial charge in [0.2, 0.25) is 5.91 Å². The minimum atomic E-state index is -0.410. The molecule has 1 aliphatic rings. The molecule has 1 aromatic carbocycles. The van der Waals surface area contributed by atoms with E-state index in [-0.39, 0.29) is 23.0 Å². The molecule has 2 rings (SSSR count). The molecule has 0 spiro atoms.